The van der Waals surface area contributed by atoms with E-state index in [1.807, 2.05) is 33.8 Å². The number of rotatable bonds is 2. The monoisotopic (exact) mass is 308 g/mol. The van der Waals surface area contributed by atoms with Crippen LogP contribution in [0.1, 0.15) is 36.7 Å². The van der Waals surface area contributed by atoms with E-state index < -0.39 is 5.60 Å². The number of thiol groups is 1. The summed E-state index contributed by atoms with van der Waals surface area (Å²) >= 11 is 4.51. The van der Waals surface area contributed by atoms with Crippen LogP contribution in [-0.4, -0.2) is 37.7 Å². The molecule has 4 nitrogen and oxygen atoms in total. The summed E-state index contributed by atoms with van der Waals surface area (Å²) in [6.45, 7) is 11.4. The summed E-state index contributed by atoms with van der Waals surface area (Å²) in [6.07, 6.45) is 0. The molecule has 0 amide bonds. The minimum Gasteiger partial charge on any atom is -0.456 e. The topological polar surface area (TPSA) is 41.6 Å². The molecule has 0 aliphatic carbocycles. The fraction of sp³-hybridized carbons (Fsp3) is 0.562. The van der Waals surface area contributed by atoms with Gasteiger partial charge in [-0.1, -0.05) is 0 Å². The van der Waals surface area contributed by atoms with Crippen molar-refractivity contribution in [2.75, 3.05) is 31.1 Å². The van der Waals surface area contributed by atoms with Crippen LogP contribution in [0.25, 0.3) is 0 Å². The summed E-state index contributed by atoms with van der Waals surface area (Å²) < 4.78 is 5.46. The molecule has 1 aromatic carbocycles. The Labute approximate surface area is 132 Å². The molecule has 0 bridgehead atoms. The number of carbonyl (C=O) groups is 1. The van der Waals surface area contributed by atoms with E-state index in [1.165, 1.54) is 0 Å². The number of benzene rings is 1. The Kier molecular flexibility index (Phi) is 4.84. The zero-order chi connectivity index (χ0) is 15.6. The molecule has 2 rings (SSSR count). The van der Waals surface area contributed by atoms with Gasteiger partial charge in [-0.2, -0.15) is 0 Å². The van der Waals surface area contributed by atoms with Gasteiger partial charge in [0.1, 0.15) is 5.60 Å². The van der Waals surface area contributed by atoms with Crippen molar-refractivity contribution in [1.82, 2.24) is 5.32 Å². The largest absolute Gasteiger partial charge is 0.456 e. The van der Waals surface area contributed by atoms with Gasteiger partial charge in [0.15, 0.2) is 0 Å². The van der Waals surface area contributed by atoms with Crippen LogP contribution >= 0.6 is 12.6 Å². The van der Waals surface area contributed by atoms with E-state index >= 15 is 0 Å². The Balaban J connectivity index is 2.31. The Hall–Kier alpha value is -1.20. The minimum absolute atomic E-state index is 0.297. The van der Waals surface area contributed by atoms with Crippen molar-refractivity contribution >= 4 is 24.3 Å². The van der Waals surface area contributed by atoms with Crippen LogP contribution in [0.4, 0.5) is 5.69 Å². The molecule has 0 aromatic heterocycles. The average Bonchev–Trinajstić information content (AvgIpc) is 2.40. The first-order chi connectivity index (χ1) is 9.78. The van der Waals surface area contributed by atoms with Crippen molar-refractivity contribution in [3.63, 3.8) is 0 Å². The van der Waals surface area contributed by atoms with E-state index in [9.17, 15) is 4.79 Å². The van der Waals surface area contributed by atoms with Gasteiger partial charge in [0.05, 0.1) is 5.56 Å². The van der Waals surface area contributed by atoms with Crippen molar-refractivity contribution in [3.05, 3.63) is 23.3 Å². The molecule has 0 spiro atoms. The van der Waals surface area contributed by atoms with E-state index in [0.717, 1.165) is 42.3 Å². The molecule has 1 aliphatic rings. The van der Waals surface area contributed by atoms with Crippen LogP contribution in [0.5, 0.6) is 0 Å². The Morgan fingerprint density at radius 2 is 1.90 bits per heavy atom. The molecule has 21 heavy (non-hydrogen) atoms. The zero-order valence-corrected chi connectivity index (χ0v) is 14.1. The predicted octanol–water partition coefficient (Wildman–Crippen LogP) is 2.65. The normalized spacial score (nSPS) is 16.0. The predicted molar refractivity (Wildman–Crippen MR) is 88.7 cm³/mol. The second kappa shape index (κ2) is 6.28. The van der Waals surface area contributed by atoms with Gasteiger partial charge in [0.25, 0.3) is 0 Å². The van der Waals surface area contributed by atoms with Gasteiger partial charge in [0.2, 0.25) is 0 Å². The van der Waals surface area contributed by atoms with Gasteiger partial charge in [-0.05, 0) is 45.4 Å². The first kappa shape index (κ1) is 16.2. The van der Waals surface area contributed by atoms with Crippen LogP contribution in [0, 0.1) is 6.92 Å². The average molecular weight is 308 g/mol. The Morgan fingerprint density at radius 1 is 1.29 bits per heavy atom. The van der Waals surface area contributed by atoms with Gasteiger partial charge in [-0.15, -0.1) is 12.6 Å². The fourth-order valence-electron chi connectivity index (χ4n) is 2.37. The summed E-state index contributed by atoms with van der Waals surface area (Å²) in [5.41, 5.74) is 2.25. The quantitative estimate of drug-likeness (QED) is 0.651. The van der Waals surface area contributed by atoms with E-state index in [-0.39, 0.29) is 5.97 Å². The maximum atomic E-state index is 12.3. The molecule has 1 heterocycles. The SMILES string of the molecule is Cc1c(S)cc(C(=O)OC(C)(C)C)cc1N1CCNCC1. The van der Waals surface area contributed by atoms with E-state index in [0.29, 0.717) is 5.56 Å². The van der Waals surface area contributed by atoms with E-state index in [4.69, 9.17) is 4.74 Å². The van der Waals surface area contributed by atoms with Crippen molar-refractivity contribution < 1.29 is 9.53 Å². The van der Waals surface area contributed by atoms with Crippen molar-refractivity contribution in [1.29, 1.82) is 0 Å². The Bertz CT molecular complexity index is 532. The van der Waals surface area contributed by atoms with Gasteiger partial charge >= 0.3 is 5.97 Å². The number of carbonyl (C=O) groups excluding carboxylic acids is 1. The molecule has 116 valence electrons. The summed E-state index contributed by atoms with van der Waals surface area (Å²) in [6, 6.07) is 3.71. The second-order valence-electron chi connectivity index (χ2n) is 6.38. The number of hydrogen-bond acceptors (Lipinski definition) is 5. The molecule has 0 saturated carbocycles. The highest BCUT2D eigenvalue weighted by atomic mass is 32.1. The summed E-state index contributed by atoms with van der Waals surface area (Å²) in [5, 5.41) is 3.33. The molecule has 0 unspecified atom stereocenters. The maximum absolute atomic E-state index is 12.3. The molecule has 5 heteroatoms. The van der Waals surface area contributed by atoms with Crippen LogP contribution in [0.3, 0.4) is 0 Å². The van der Waals surface area contributed by atoms with Gasteiger partial charge in [-0.25, -0.2) is 4.79 Å². The number of piperazine rings is 1. The summed E-state index contributed by atoms with van der Waals surface area (Å²) in [5.74, 6) is -0.297. The molecule has 1 fully saturated rings. The molecule has 1 N–H and O–H groups in total. The first-order valence-electron chi connectivity index (χ1n) is 7.30. The lowest BCUT2D eigenvalue weighted by Crippen LogP contribution is -2.43. The number of ether oxygens (including phenoxy) is 1. The molecule has 1 saturated heterocycles. The second-order valence-corrected chi connectivity index (χ2v) is 6.86. The number of hydrogen-bond donors (Lipinski definition) is 2. The third kappa shape index (κ3) is 4.14. The van der Waals surface area contributed by atoms with Crippen LogP contribution in [0.15, 0.2) is 17.0 Å². The van der Waals surface area contributed by atoms with Crippen molar-refractivity contribution in [2.24, 2.45) is 0 Å². The maximum Gasteiger partial charge on any atom is 0.338 e. The van der Waals surface area contributed by atoms with Crippen molar-refractivity contribution in [2.45, 2.75) is 38.2 Å². The highest BCUT2D eigenvalue weighted by Crippen LogP contribution is 2.29. The molecule has 0 atom stereocenters. The molecule has 0 radical (unpaired) electrons. The van der Waals surface area contributed by atoms with Gasteiger partial charge in [0, 0.05) is 36.8 Å². The highest BCUT2D eigenvalue weighted by Gasteiger charge is 2.21. The lowest BCUT2D eigenvalue weighted by molar-refractivity contribution is 0.00693. The van der Waals surface area contributed by atoms with Gasteiger partial charge < -0.3 is 15.0 Å². The number of anilines is 1. The van der Waals surface area contributed by atoms with Crippen LogP contribution < -0.4 is 10.2 Å². The van der Waals surface area contributed by atoms with E-state index in [2.05, 4.69) is 22.8 Å². The van der Waals surface area contributed by atoms with E-state index in [1.54, 1.807) is 6.07 Å². The summed E-state index contributed by atoms with van der Waals surface area (Å²) in [4.78, 5) is 15.4. The zero-order valence-electron chi connectivity index (χ0n) is 13.2. The Morgan fingerprint density at radius 3 is 2.48 bits per heavy atom. The number of nitrogens with one attached hydrogen (secondary N) is 1. The standard InChI is InChI=1S/C16H24N2O2S/c1-11-13(18-7-5-17-6-8-18)9-12(10-14(11)21)15(19)20-16(2,3)4/h9-10,17,21H,5-8H2,1-4H3. The van der Waals surface area contributed by atoms with Crippen molar-refractivity contribution in [3.8, 4) is 0 Å². The molecule has 1 aliphatic heterocycles. The third-order valence-corrected chi connectivity index (χ3v) is 3.91. The minimum atomic E-state index is -0.492. The third-order valence-electron chi connectivity index (χ3n) is 3.45. The highest BCUT2D eigenvalue weighted by molar-refractivity contribution is 7.80. The fourth-order valence-corrected chi connectivity index (χ4v) is 2.63. The van der Waals surface area contributed by atoms with Gasteiger partial charge in [-0.3, -0.25) is 0 Å². The number of esters is 1. The lowest BCUT2D eigenvalue weighted by atomic mass is 10.1. The number of nitrogens with zero attached hydrogens (tertiary/aromatic N) is 1. The summed E-state index contributed by atoms with van der Waals surface area (Å²) in [7, 11) is 0. The molecular formula is C16H24N2O2S. The van der Waals surface area contributed by atoms with Crippen LogP contribution in [-0.2, 0) is 4.74 Å². The smallest absolute Gasteiger partial charge is 0.338 e. The molecular weight excluding hydrogens is 284 g/mol. The van der Waals surface area contributed by atoms with Crippen LogP contribution in [0.2, 0.25) is 0 Å². The lowest BCUT2D eigenvalue weighted by Gasteiger charge is -2.31. The molecule has 1 aromatic rings. The first-order valence-corrected chi connectivity index (χ1v) is 7.75.